The first-order chi connectivity index (χ1) is 13.7. The molecule has 1 aliphatic heterocycles. The summed E-state index contributed by atoms with van der Waals surface area (Å²) < 4.78 is 23.8. The summed E-state index contributed by atoms with van der Waals surface area (Å²) in [6.45, 7) is 0.620. The van der Waals surface area contributed by atoms with Crippen LogP contribution in [0.3, 0.4) is 0 Å². The fourth-order valence-electron chi connectivity index (χ4n) is 3.48. The standard InChI is InChI=1S/C20H17Cl2N3O3S/c1-29(27,28)12-3-2-11-9-23-10-19(14(11)6-12)25-20(26)13-4-5-24-18-8-17(22)16(21)7-15(13)18/h2-3,6-10,13,24H,4-5H2,1H3,(H,25,26). The van der Waals surface area contributed by atoms with E-state index in [1.165, 1.54) is 12.3 Å². The number of pyridine rings is 1. The molecule has 0 saturated carbocycles. The van der Waals surface area contributed by atoms with Gasteiger partial charge in [0.2, 0.25) is 5.91 Å². The molecule has 29 heavy (non-hydrogen) atoms. The quantitative estimate of drug-likeness (QED) is 0.614. The molecule has 0 fully saturated rings. The van der Waals surface area contributed by atoms with Gasteiger partial charge in [-0.1, -0.05) is 29.3 Å². The van der Waals surface area contributed by atoms with E-state index in [-0.39, 0.29) is 10.8 Å². The second-order valence-corrected chi connectivity index (χ2v) is 9.78. The van der Waals surface area contributed by atoms with Crippen molar-refractivity contribution in [2.75, 3.05) is 23.4 Å². The number of halogens is 2. The molecular weight excluding hydrogens is 433 g/mol. The number of carbonyl (C=O) groups is 1. The van der Waals surface area contributed by atoms with E-state index in [1.807, 2.05) is 0 Å². The van der Waals surface area contributed by atoms with E-state index in [0.717, 1.165) is 22.9 Å². The molecule has 150 valence electrons. The highest BCUT2D eigenvalue weighted by Crippen LogP contribution is 2.38. The predicted molar refractivity (Wildman–Crippen MR) is 116 cm³/mol. The molecule has 1 aromatic heterocycles. The number of rotatable bonds is 3. The Bertz CT molecular complexity index is 1250. The molecule has 2 N–H and O–H groups in total. The maximum Gasteiger partial charge on any atom is 0.232 e. The zero-order valence-electron chi connectivity index (χ0n) is 15.4. The highest BCUT2D eigenvalue weighted by molar-refractivity contribution is 7.90. The molecule has 3 aromatic rings. The van der Waals surface area contributed by atoms with Crippen LogP contribution in [-0.2, 0) is 14.6 Å². The van der Waals surface area contributed by atoms with Gasteiger partial charge < -0.3 is 10.6 Å². The third-order valence-electron chi connectivity index (χ3n) is 4.95. The second-order valence-electron chi connectivity index (χ2n) is 6.95. The summed E-state index contributed by atoms with van der Waals surface area (Å²) in [6.07, 6.45) is 4.87. The summed E-state index contributed by atoms with van der Waals surface area (Å²) in [6, 6.07) is 8.18. The van der Waals surface area contributed by atoms with Crippen molar-refractivity contribution in [2.24, 2.45) is 0 Å². The van der Waals surface area contributed by atoms with Gasteiger partial charge in [0.05, 0.1) is 32.7 Å². The number of aromatic nitrogens is 1. The van der Waals surface area contributed by atoms with Gasteiger partial charge >= 0.3 is 0 Å². The molecule has 2 heterocycles. The highest BCUT2D eigenvalue weighted by atomic mass is 35.5. The number of carbonyl (C=O) groups excluding carboxylic acids is 1. The summed E-state index contributed by atoms with van der Waals surface area (Å²) in [4.78, 5) is 17.4. The Labute approximate surface area is 178 Å². The Morgan fingerprint density at radius 2 is 1.93 bits per heavy atom. The van der Waals surface area contributed by atoms with E-state index in [2.05, 4.69) is 15.6 Å². The van der Waals surface area contributed by atoms with Crippen LogP contribution in [0.2, 0.25) is 10.0 Å². The summed E-state index contributed by atoms with van der Waals surface area (Å²) in [5.41, 5.74) is 2.01. The normalized spacial score (nSPS) is 16.2. The van der Waals surface area contributed by atoms with Gasteiger partial charge in [-0.2, -0.15) is 0 Å². The summed E-state index contributed by atoms with van der Waals surface area (Å²) in [5, 5.41) is 8.29. The Morgan fingerprint density at radius 1 is 1.17 bits per heavy atom. The molecule has 0 saturated heterocycles. The van der Waals surface area contributed by atoms with Crippen molar-refractivity contribution in [3.05, 3.63) is 58.3 Å². The van der Waals surface area contributed by atoms with Gasteiger partial charge in [-0.15, -0.1) is 0 Å². The SMILES string of the molecule is CS(=O)(=O)c1ccc2cncc(NC(=O)C3CCNc4cc(Cl)c(Cl)cc43)c2c1. The number of sulfone groups is 1. The van der Waals surface area contributed by atoms with Gasteiger partial charge in [-0.05, 0) is 36.2 Å². The summed E-state index contributed by atoms with van der Waals surface area (Å²) in [5.74, 6) is -0.639. The number of hydrogen-bond donors (Lipinski definition) is 2. The van der Waals surface area contributed by atoms with Crippen LogP contribution >= 0.6 is 23.2 Å². The van der Waals surface area contributed by atoms with E-state index in [0.29, 0.717) is 34.1 Å². The Hall–Kier alpha value is -2.35. The number of hydrogen-bond acceptors (Lipinski definition) is 5. The predicted octanol–water partition coefficient (Wildman–Crippen LogP) is 4.48. The number of fused-ring (bicyclic) bond motifs is 2. The third kappa shape index (κ3) is 3.90. The zero-order valence-corrected chi connectivity index (χ0v) is 17.7. The van der Waals surface area contributed by atoms with Crippen molar-refractivity contribution in [1.82, 2.24) is 4.98 Å². The van der Waals surface area contributed by atoms with E-state index in [1.54, 1.807) is 30.5 Å². The molecule has 0 aliphatic carbocycles. The fourth-order valence-corrected chi connectivity index (χ4v) is 4.46. The molecule has 6 nitrogen and oxygen atoms in total. The van der Waals surface area contributed by atoms with Gasteiger partial charge in [-0.25, -0.2) is 8.42 Å². The molecule has 1 amide bonds. The molecule has 0 radical (unpaired) electrons. The van der Waals surface area contributed by atoms with Gasteiger partial charge in [0.15, 0.2) is 9.84 Å². The number of amides is 1. The van der Waals surface area contributed by atoms with Crippen LogP contribution in [0.5, 0.6) is 0 Å². The Morgan fingerprint density at radius 3 is 2.69 bits per heavy atom. The van der Waals surface area contributed by atoms with Crippen molar-refractivity contribution < 1.29 is 13.2 Å². The first-order valence-electron chi connectivity index (χ1n) is 8.85. The number of nitrogens with one attached hydrogen (secondary N) is 2. The number of benzene rings is 2. The lowest BCUT2D eigenvalue weighted by Crippen LogP contribution is -2.27. The van der Waals surface area contributed by atoms with Crippen LogP contribution in [0.25, 0.3) is 10.8 Å². The van der Waals surface area contributed by atoms with E-state index in [4.69, 9.17) is 23.2 Å². The van der Waals surface area contributed by atoms with E-state index in [9.17, 15) is 13.2 Å². The average Bonchev–Trinajstić information content (AvgIpc) is 2.67. The largest absolute Gasteiger partial charge is 0.385 e. The minimum atomic E-state index is -3.38. The first-order valence-corrected chi connectivity index (χ1v) is 11.5. The third-order valence-corrected chi connectivity index (χ3v) is 6.78. The Balaban J connectivity index is 1.71. The smallest absolute Gasteiger partial charge is 0.232 e. The van der Waals surface area contributed by atoms with Crippen LogP contribution in [-0.4, -0.2) is 32.1 Å². The molecule has 2 aromatic carbocycles. The minimum Gasteiger partial charge on any atom is -0.385 e. The second kappa shape index (κ2) is 7.48. The molecule has 0 bridgehead atoms. The molecule has 9 heteroatoms. The van der Waals surface area contributed by atoms with E-state index < -0.39 is 15.8 Å². The van der Waals surface area contributed by atoms with Crippen LogP contribution < -0.4 is 10.6 Å². The lowest BCUT2D eigenvalue weighted by molar-refractivity contribution is -0.117. The first kappa shape index (κ1) is 19.9. The molecule has 4 rings (SSSR count). The molecule has 0 spiro atoms. The van der Waals surface area contributed by atoms with Crippen LogP contribution in [0.4, 0.5) is 11.4 Å². The van der Waals surface area contributed by atoms with E-state index >= 15 is 0 Å². The summed E-state index contributed by atoms with van der Waals surface area (Å²) in [7, 11) is -3.38. The monoisotopic (exact) mass is 449 g/mol. The minimum absolute atomic E-state index is 0.181. The maximum absolute atomic E-state index is 13.1. The van der Waals surface area contributed by atoms with Crippen LogP contribution in [0.15, 0.2) is 47.6 Å². The van der Waals surface area contributed by atoms with Crippen molar-refractivity contribution in [3.8, 4) is 0 Å². The lowest BCUT2D eigenvalue weighted by Gasteiger charge is -2.26. The van der Waals surface area contributed by atoms with Crippen molar-refractivity contribution >= 4 is 61.1 Å². The fraction of sp³-hybridized carbons (Fsp3) is 0.200. The lowest BCUT2D eigenvalue weighted by atomic mass is 9.90. The topological polar surface area (TPSA) is 88.2 Å². The highest BCUT2D eigenvalue weighted by Gasteiger charge is 2.28. The zero-order chi connectivity index (χ0) is 20.8. The van der Waals surface area contributed by atoms with Gasteiger partial charge in [0.1, 0.15) is 0 Å². The molecule has 1 atom stereocenters. The van der Waals surface area contributed by atoms with Crippen molar-refractivity contribution in [3.63, 3.8) is 0 Å². The van der Waals surface area contributed by atoms with Crippen molar-refractivity contribution in [2.45, 2.75) is 17.2 Å². The number of anilines is 2. The van der Waals surface area contributed by atoms with Gasteiger partial charge in [-0.3, -0.25) is 9.78 Å². The maximum atomic E-state index is 13.1. The average molecular weight is 450 g/mol. The van der Waals surface area contributed by atoms with Crippen molar-refractivity contribution in [1.29, 1.82) is 0 Å². The van der Waals surface area contributed by atoms with Gasteiger partial charge in [0.25, 0.3) is 0 Å². The summed E-state index contributed by atoms with van der Waals surface area (Å²) >= 11 is 12.2. The van der Waals surface area contributed by atoms with Crippen LogP contribution in [0.1, 0.15) is 17.9 Å². The molecule has 1 aliphatic rings. The van der Waals surface area contributed by atoms with Gasteiger partial charge in [0, 0.05) is 35.5 Å². The van der Waals surface area contributed by atoms with Crippen LogP contribution in [0, 0.1) is 0 Å². The molecule has 1 unspecified atom stereocenters. The Kier molecular flexibility index (Phi) is 5.14. The number of nitrogens with zero attached hydrogens (tertiary/aromatic N) is 1. The molecular formula is C20H17Cl2N3O3S.